The van der Waals surface area contributed by atoms with Gasteiger partial charge in [-0.3, -0.25) is 25.2 Å². The summed E-state index contributed by atoms with van der Waals surface area (Å²) in [4.78, 5) is 37.4. The molecule has 0 saturated heterocycles. The van der Waals surface area contributed by atoms with Gasteiger partial charge in [-0.25, -0.2) is 0 Å². The number of hydrogen-bond donors (Lipinski definition) is 3. The molecule has 1 heterocycles. The number of amides is 3. The van der Waals surface area contributed by atoms with E-state index in [9.17, 15) is 14.4 Å². The molecule has 1 aromatic heterocycles. The van der Waals surface area contributed by atoms with E-state index < -0.39 is 17.9 Å². The Morgan fingerprint density at radius 3 is 2.25 bits per heavy atom. The first-order chi connectivity index (χ1) is 13.3. The molecule has 0 aliphatic carbocycles. The number of benzene rings is 1. The van der Waals surface area contributed by atoms with Crippen molar-refractivity contribution in [1.29, 1.82) is 0 Å². The van der Waals surface area contributed by atoms with E-state index >= 15 is 0 Å². The number of rotatable bonds is 7. The van der Waals surface area contributed by atoms with Gasteiger partial charge in [0.1, 0.15) is 11.8 Å². The largest absolute Gasteiger partial charge is 0.494 e. The molecule has 2 aromatic rings. The summed E-state index contributed by atoms with van der Waals surface area (Å²) in [5, 5.41) is 2.70. The molecular formula is C19H22BrN3O4S. The second-order valence-electron chi connectivity index (χ2n) is 6.20. The van der Waals surface area contributed by atoms with E-state index in [4.69, 9.17) is 4.74 Å². The zero-order valence-corrected chi connectivity index (χ0v) is 18.1. The van der Waals surface area contributed by atoms with Gasteiger partial charge in [0.2, 0.25) is 0 Å². The third kappa shape index (κ3) is 6.07. The maximum Gasteiger partial charge on any atom is 0.279 e. The van der Waals surface area contributed by atoms with Crippen LogP contribution in [0.25, 0.3) is 0 Å². The van der Waals surface area contributed by atoms with Crippen LogP contribution in [-0.2, 0) is 4.79 Å². The number of ether oxygens (including phenoxy) is 1. The number of hydrazine groups is 1. The highest BCUT2D eigenvalue weighted by atomic mass is 79.9. The summed E-state index contributed by atoms with van der Waals surface area (Å²) in [6, 6.07) is 9.23. The molecule has 2 rings (SSSR count). The Morgan fingerprint density at radius 2 is 1.71 bits per heavy atom. The van der Waals surface area contributed by atoms with Crippen molar-refractivity contribution in [2.45, 2.75) is 26.8 Å². The Bertz CT molecular complexity index is 836. The first kappa shape index (κ1) is 21.9. The first-order valence-corrected chi connectivity index (χ1v) is 10.3. The molecule has 1 atom stereocenters. The number of hydrogen-bond acceptors (Lipinski definition) is 5. The molecule has 3 N–H and O–H groups in total. The van der Waals surface area contributed by atoms with Crippen LogP contribution in [0.4, 0.5) is 0 Å². The second kappa shape index (κ2) is 10.2. The lowest BCUT2D eigenvalue weighted by Gasteiger charge is -2.21. The molecule has 9 heteroatoms. The third-order valence-corrected chi connectivity index (χ3v) is 5.38. The van der Waals surface area contributed by atoms with Crippen molar-refractivity contribution in [3.05, 3.63) is 50.6 Å². The summed E-state index contributed by atoms with van der Waals surface area (Å²) < 4.78 is 6.16. The van der Waals surface area contributed by atoms with Gasteiger partial charge in [-0.1, -0.05) is 13.8 Å². The van der Waals surface area contributed by atoms with Crippen molar-refractivity contribution in [3.8, 4) is 5.75 Å². The fraction of sp³-hybridized carbons (Fsp3) is 0.316. The van der Waals surface area contributed by atoms with Crippen LogP contribution in [0.3, 0.4) is 0 Å². The molecule has 0 saturated carbocycles. The summed E-state index contributed by atoms with van der Waals surface area (Å²) >= 11 is 4.53. The van der Waals surface area contributed by atoms with Gasteiger partial charge in [0.05, 0.1) is 15.3 Å². The van der Waals surface area contributed by atoms with Crippen molar-refractivity contribution in [1.82, 2.24) is 16.2 Å². The first-order valence-electron chi connectivity index (χ1n) is 8.71. The van der Waals surface area contributed by atoms with Crippen LogP contribution in [-0.4, -0.2) is 30.4 Å². The fourth-order valence-electron chi connectivity index (χ4n) is 2.32. The average molecular weight is 468 g/mol. The summed E-state index contributed by atoms with van der Waals surface area (Å²) in [6.45, 7) is 6.03. The zero-order chi connectivity index (χ0) is 20.7. The van der Waals surface area contributed by atoms with Crippen LogP contribution < -0.4 is 20.9 Å². The van der Waals surface area contributed by atoms with Crippen molar-refractivity contribution in [2.75, 3.05) is 6.61 Å². The van der Waals surface area contributed by atoms with E-state index in [0.29, 0.717) is 22.8 Å². The van der Waals surface area contributed by atoms with Crippen LogP contribution >= 0.6 is 27.3 Å². The quantitative estimate of drug-likeness (QED) is 0.544. The smallest absolute Gasteiger partial charge is 0.279 e. The highest BCUT2D eigenvalue weighted by Crippen LogP contribution is 2.21. The lowest BCUT2D eigenvalue weighted by Crippen LogP contribution is -2.54. The monoisotopic (exact) mass is 467 g/mol. The molecule has 0 aliphatic heterocycles. The molecule has 7 nitrogen and oxygen atoms in total. The van der Waals surface area contributed by atoms with Crippen molar-refractivity contribution in [3.63, 3.8) is 0 Å². The minimum Gasteiger partial charge on any atom is -0.494 e. The normalized spacial score (nSPS) is 11.6. The van der Waals surface area contributed by atoms with Gasteiger partial charge in [0, 0.05) is 5.56 Å². The predicted octanol–water partition coefficient (Wildman–Crippen LogP) is 3.12. The van der Waals surface area contributed by atoms with E-state index in [2.05, 4.69) is 32.1 Å². The standard InChI is InChI=1S/C19H22BrN3O4S/c1-4-27-13-7-5-12(6-8-13)17(24)21-16(11(2)3)19(26)23-22-18(25)14-9-10-15(20)28-14/h5-11,16H,4H2,1-3H3,(H,21,24)(H,22,25)(H,23,26)/t16-/m0/s1. The van der Waals surface area contributed by atoms with E-state index in [1.54, 1.807) is 50.2 Å². The minimum atomic E-state index is -0.811. The molecule has 3 amide bonds. The Morgan fingerprint density at radius 1 is 1.04 bits per heavy atom. The highest BCUT2D eigenvalue weighted by molar-refractivity contribution is 9.11. The molecule has 28 heavy (non-hydrogen) atoms. The summed E-state index contributed by atoms with van der Waals surface area (Å²) in [5.74, 6) is -0.826. The van der Waals surface area contributed by atoms with Crippen LogP contribution in [0.5, 0.6) is 5.75 Å². The second-order valence-corrected chi connectivity index (χ2v) is 8.66. The molecule has 0 spiro atoms. The van der Waals surface area contributed by atoms with Gasteiger partial charge < -0.3 is 10.1 Å². The van der Waals surface area contributed by atoms with E-state index in [1.165, 1.54) is 11.3 Å². The molecular weight excluding hydrogens is 446 g/mol. The maximum absolute atomic E-state index is 12.5. The lowest BCUT2D eigenvalue weighted by atomic mass is 10.0. The predicted molar refractivity (Wildman–Crippen MR) is 111 cm³/mol. The van der Waals surface area contributed by atoms with Crippen LogP contribution in [0.2, 0.25) is 0 Å². The van der Waals surface area contributed by atoms with Gasteiger partial charge in [-0.05, 0) is 65.2 Å². The Balaban J connectivity index is 1.96. The van der Waals surface area contributed by atoms with E-state index in [-0.39, 0.29) is 11.8 Å². The lowest BCUT2D eigenvalue weighted by molar-refractivity contribution is -0.124. The van der Waals surface area contributed by atoms with Gasteiger partial charge in [0.15, 0.2) is 0 Å². The molecule has 0 aliphatic rings. The summed E-state index contributed by atoms with van der Waals surface area (Å²) in [6.07, 6.45) is 0. The SMILES string of the molecule is CCOc1ccc(C(=O)N[C@H](C(=O)NNC(=O)c2ccc(Br)s2)C(C)C)cc1. The average Bonchev–Trinajstić information content (AvgIpc) is 3.10. The Kier molecular flexibility index (Phi) is 8.01. The molecule has 0 unspecified atom stereocenters. The van der Waals surface area contributed by atoms with Gasteiger partial charge in [0.25, 0.3) is 17.7 Å². The Hall–Kier alpha value is -2.39. The third-order valence-electron chi connectivity index (χ3n) is 3.76. The molecule has 150 valence electrons. The van der Waals surface area contributed by atoms with Crippen LogP contribution in [0, 0.1) is 5.92 Å². The van der Waals surface area contributed by atoms with Gasteiger partial charge in [-0.2, -0.15) is 0 Å². The van der Waals surface area contributed by atoms with Crippen LogP contribution in [0.1, 0.15) is 40.8 Å². The number of nitrogens with one attached hydrogen (secondary N) is 3. The van der Waals surface area contributed by atoms with Crippen LogP contribution in [0.15, 0.2) is 40.2 Å². The van der Waals surface area contributed by atoms with E-state index in [1.807, 2.05) is 6.92 Å². The molecule has 1 aromatic carbocycles. The molecule has 0 fully saturated rings. The zero-order valence-electron chi connectivity index (χ0n) is 15.7. The van der Waals surface area contributed by atoms with Gasteiger partial charge >= 0.3 is 0 Å². The number of thiophene rings is 1. The topological polar surface area (TPSA) is 96.5 Å². The maximum atomic E-state index is 12.5. The van der Waals surface area contributed by atoms with Gasteiger partial charge in [-0.15, -0.1) is 11.3 Å². The minimum absolute atomic E-state index is 0.181. The fourth-order valence-corrected chi connectivity index (χ4v) is 3.60. The molecule has 0 radical (unpaired) electrons. The number of halogens is 1. The number of carbonyl (C=O) groups excluding carboxylic acids is 3. The molecule has 0 bridgehead atoms. The van der Waals surface area contributed by atoms with Crippen molar-refractivity contribution >= 4 is 45.0 Å². The summed E-state index contributed by atoms with van der Waals surface area (Å²) in [5.41, 5.74) is 5.15. The number of carbonyl (C=O) groups is 3. The van der Waals surface area contributed by atoms with E-state index in [0.717, 1.165) is 3.79 Å². The van der Waals surface area contributed by atoms with Crippen molar-refractivity contribution in [2.24, 2.45) is 5.92 Å². The highest BCUT2D eigenvalue weighted by Gasteiger charge is 2.25. The Labute approximate surface area is 175 Å². The van der Waals surface area contributed by atoms with Crippen molar-refractivity contribution < 1.29 is 19.1 Å². The summed E-state index contributed by atoms with van der Waals surface area (Å²) in [7, 11) is 0.